The van der Waals surface area contributed by atoms with Crippen molar-refractivity contribution in [1.82, 2.24) is 5.32 Å². The second-order valence-corrected chi connectivity index (χ2v) is 2.06. The van der Waals surface area contributed by atoms with Crippen LogP contribution in [0, 0.1) is 0 Å². The van der Waals surface area contributed by atoms with Gasteiger partial charge in [0.05, 0.1) is 6.04 Å². The highest BCUT2D eigenvalue weighted by atomic mass is 19.1. The van der Waals surface area contributed by atoms with Crippen LogP contribution < -0.4 is 5.32 Å². The number of carbonyl (C=O) groups is 1. The summed E-state index contributed by atoms with van der Waals surface area (Å²) < 4.78 is 11.7. The van der Waals surface area contributed by atoms with Crippen LogP contribution in [-0.2, 0) is 4.79 Å². The zero-order valence-electron chi connectivity index (χ0n) is 6.23. The van der Waals surface area contributed by atoms with Crippen LogP contribution in [0.3, 0.4) is 0 Å². The molecule has 0 aliphatic heterocycles. The lowest BCUT2D eigenvalue weighted by Gasteiger charge is -2.05. The van der Waals surface area contributed by atoms with E-state index in [9.17, 15) is 9.18 Å². The van der Waals surface area contributed by atoms with Gasteiger partial charge in [0.1, 0.15) is 6.67 Å². The van der Waals surface area contributed by atoms with Crippen molar-refractivity contribution in [2.24, 2.45) is 0 Å². The molecule has 0 aliphatic carbocycles. The fraction of sp³-hybridized carbons (Fsp3) is 0.571. The third-order valence-electron chi connectivity index (χ3n) is 0.938. The minimum Gasteiger partial charge on any atom is -0.347 e. The van der Waals surface area contributed by atoms with Crippen LogP contribution >= 0.6 is 0 Å². The molecule has 10 heavy (non-hydrogen) atoms. The third-order valence-corrected chi connectivity index (χ3v) is 0.938. The molecule has 58 valence electrons. The number of nitrogens with one attached hydrogen (secondary N) is 1. The van der Waals surface area contributed by atoms with Crippen molar-refractivity contribution in [3.63, 3.8) is 0 Å². The molecule has 2 nitrogen and oxygen atoms in total. The maximum absolute atomic E-state index is 11.7. The number of carbonyl (C=O) groups excluding carboxylic acids is 1. The minimum atomic E-state index is -0.525. The molecule has 0 saturated heterocycles. The Labute approximate surface area is 60.1 Å². The quantitative estimate of drug-likeness (QED) is 0.590. The predicted molar refractivity (Wildman–Crippen MR) is 38.4 cm³/mol. The highest BCUT2D eigenvalue weighted by Gasteiger charge is 2.01. The summed E-state index contributed by atoms with van der Waals surface area (Å²) in [6.07, 6.45) is 2.98. The Morgan fingerprint density at radius 2 is 2.40 bits per heavy atom. The molecule has 3 heteroatoms. The van der Waals surface area contributed by atoms with E-state index in [1.54, 1.807) is 19.9 Å². The Bertz CT molecular complexity index is 134. The van der Waals surface area contributed by atoms with E-state index < -0.39 is 6.67 Å². The van der Waals surface area contributed by atoms with E-state index in [1.807, 2.05) is 0 Å². The van der Waals surface area contributed by atoms with Gasteiger partial charge in [0.25, 0.3) is 0 Å². The van der Waals surface area contributed by atoms with E-state index in [2.05, 4.69) is 5.32 Å². The zero-order chi connectivity index (χ0) is 7.98. The number of hydrogen-bond donors (Lipinski definition) is 1. The van der Waals surface area contributed by atoms with Crippen LogP contribution in [0.1, 0.15) is 13.8 Å². The molecule has 1 amide bonds. The van der Waals surface area contributed by atoms with E-state index in [-0.39, 0.29) is 11.9 Å². The summed E-state index contributed by atoms with van der Waals surface area (Å²) in [6.45, 7) is 2.82. The van der Waals surface area contributed by atoms with Crippen molar-refractivity contribution in [3.8, 4) is 0 Å². The molecule has 0 fully saturated rings. The van der Waals surface area contributed by atoms with Crippen LogP contribution in [-0.4, -0.2) is 18.6 Å². The van der Waals surface area contributed by atoms with Crippen molar-refractivity contribution in [3.05, 3.63) is 12.2 Å². The first-order chi connectivity index (χ1) is 4.70. The average molecular weight is 145 g/mol. The van der Waals surface area contributed by atoms with Crippen molar-refractivity contribution in [2.75, 3.05) is 6.67 Å². The zero-order valence-corrected chi connectivity index (χ0v) is 6.23. The summed E-state index contributed by atoms with van der Waals surface area (Å²) in [6, 6.07) is -0.385. The van der Waals surface area contributed by atoms with Gasteiger partial charge in [0.15, 0.2) is 0 Å². The summed E-state index contributed by atoms with van der Waals surface area (Å²) in [5.41, 5.74) is 0. The van der Waals surface area contributed by atoms with Gasteiger partial charge in [-0.1, -0.05) is 6.08 Å². The fourth-order valence-corrected chi connectivity index (χ4v) is 0.481. The topological polar surface area (TPSA) is 29.1 Å². The Morgan fingerprint density at radius 1 is 1.80 bits per heavy atom. The molecular formula is C7H12FNO. The van der Waals surface area contributed by atoms with Crippen LogP contribution in [0.2, 0.25) is 0 Å². The molecule has 1 atom stereocenters. The van der Waals surface area contributed by atoms with Gasteiger partial charge in [-0.25, -0.2) is 4.39 Å². The van der Waals surface area contributed by atoms with Crippen LogP contribution in [0.4, 0.5) is 4.39 Å². The lowest BCUT2D eigenvalue weighted by atomic mass is 10.3. The molecule has 0 radical (unpaired) electrons. The van der Waals surface area contributed by atoms with Gasteiger partial charge in [-0.2, -0.15) is 0 Å². The molecule has 1 unspecified atom stereocenters. The van der Waals surface area contributed by atoms with E-state index in [1.165, 1.54) is 6.08 Å². The first kappa shape index (κ1) is 9.14. The van der Waals surface area contributed by atoms with Crippen LogP contribution in [0.15, 0.2) is 12.2 Å². The van der Waals surface area contributed by atoms with Crippen molar-refractivity contribution in [1.29, 1.82) is 0 Å². The fourth-order valence-electron chi connectivity index (χ4n) is 0.481. The Hall–Kier alpha value is -0.860. The normalized spacial score (nSPS) is 13.5. The summed E-state index contributed by atoms with van der Waals surface area (Å²) in [4.78, 5) is 10.6. The maximum Gasteiger partial charge on any atom is 0.243 e. The number of hydrogen-bond acceptors (Lipinski definition) is 1. The number of alkyl halides is 1. The standard InChI is InChI=1S/C7H12FNO/c1-3-4-7(10)9-6(2)5-8/h3-4,6H,5H2,1-2H3,(H,9,10)/b4-3+. The van der Waals surface area contributed by atoms with E-state index >= 15 is 0 Å². The monoisotopic (exact) mass is 145 g/mol. The Morgan fingerprint density at radius 3 is 2.80 bits per heavy atom. The van der Waals surface area contributed by atoms with Crippen LogP contribution in [0.5, 0.6) is 0 Å². The van der Waals surface area contributed by atoms with E-state index in [4.69, 9.17) is 0 Å². The number of halogens is 1. The first-order valence-corrected chi connectivity index (χ1v) is 3.20. The SMILES string of the molecule is C/C=C/C(=O)NC(C)CF. The molecular weight excluding hydrogens is 133 g/mol. The molecule has 0 aromatic carbocycles. The molecule has 0 aromatic rings. The van der Waals surface area contributed by atoms with Gasteiger partial charge in [0, 0.05) is 0 Å². The molecule has 0 aromatic heterocycles. The van der Waals surface area contributed by atoms with Gasteiger partial charge in [0.2, 0.25) is 5.91 Å². The first-order valence-electron chi connectivity index (χ1n) is 3.20. The molecule has 1 N–H and O–H groups in total. The second kappa shape index (κ2) is 4.97. The van der Waals surface area contributed by atoms with Crippen molar-refractivity contribution >= 4 is 5.91 Å². The summed E-state index contributed by atoms with van der Waals surface area (Å²) >= 11 is 0. The smallest absolute Gasteiger partial charge is 0.243 e. The molecule has 0 aliphatic rings. The second-order valence-electron chi connectivity index (χ2n) is 2.06. The van der Waals surface area contributed by atoms with Crippen molar-refractivity contribution in [2.45, 2.75) is 19.9 Å². The lowest BCUT2D eigenvalue weighted by molar-refractivity contribution is -0.117. The Balaban J connectivity index is 3.57. The van der Waals surface area contributed by atoms with Crippen molar-refractivity contribution < 1.29 is 9.18 Å². The molecule has 0 heterocycles. The lowest BCUT2D eigenvalue weighted by Crippen LogP contribution is -2.32. The number of rotatable bonds is 3. The summed E-state index contributed by atoms with van der Waals surface area (Å²) in [5, 5.41) is 2.43. The largest absolute Gasteiger partial charge is 0.347 e. The van der Waals surface area contributed by atoms with E-state index in [0.717, 1.165) is 0 Å². The number of allylic oxidation sites excluding steroid dienone is 1. The predicted octanol–water partition coefficient (Wildman–Crippen LogP) is 1.04. The minimum absolute atomic E-state index is 0.243. The molecule has 0 rings (SSSR count). The molecule has 0 spiro atoms. The van der Waals surface area contributed by atoms with Gasteiger partial charge in [-0.3, -0.25) is 4.79 Å². The highest BCUT2D eigenvalue weighted by molar-refractivity contribution is 5.87. The molecule has 0 saturated carbocycles. The van der Waals surface area contributed by atoms with Crippen LogP contribution in [0.25, 0.3) is 0 Å². The van der Waals surface area contributed by atoms with Gasteiger partial charge < -0.3 is 5.32 Å². The van der Waals surface area contributed by atoms with Gasteiger partial charge in [-0.05, 0) is 19.9 Å². The molecule has 0 bridgehead atoms. The highest BCUT2D eigenvalue weighted by Crippen LogP contribution is 1.82. The summed E-state index contributed by atoms with van der Waals surface area (Å²) in [5.74, 6) is -0.243. The van der Waals surface area contributed by atoms with Gasteiger partial charge >= 0.3 is 0 Å². The van der Waals surface area contributed by atoms with Gasteiger partial charge in [-0.15, -0.1) is 0 Å². The summed E-state index contributed by atoms with van der Waals surface area (Å²) in [7, 11) is 0. The maximum atomic E-state index is 11.7. The van der Waals surface area contributed by atoms with E-state index in [0.29, 0.717) is 0 Å². The Kier molecular flexibility index (Phi) is 4.54. The number of amides is 1. The average Bonchev–Trinajstić information content (AvgIpc) is 1.88. The third kappa shape index (κ3) is 4.06.